The van der Waals surface area contributed by atoms with Crippen LogP contribution in [0, 0.1) is 5.41 Å². The fraction of sp³-hybridized carbons (Fsp3) is 0.364. The summed E-state index contributed by atoms with van der Waals surface area (Å²) in [5, 5.41) is 2.11. The third-order valence-corrected chi connectivity index (χ3v) is 7.31. The summed E-state index contributed by atoms with van der Waals surface area (Å²) in [5.41, 5.74) is 6.67. The molecule has 0 spiro atoms. The van der Waals surface area contributed by atoms with Gasteiger partial charge in [-0.3, -0.25) is 4.40 Å². The first-order valence-corrected chi connectivity index (χ1v) is 13.3. The second-order valence-electron chi connectivity index (χ2n) is 12.3. The predicted octanol–water partition coefficient (Wildman–Crippen LogP) is 10.2. The van der Waals surface area contributed by atoms with Gasteiger partial charge >= 0.3 is 6.18 Å². The molecule has 2 nitrogen and oxygen atoms in total. The number of alkyl halides is 3. The standard InChI is InChI=1S/C33H35F3N2/c1-19(2)23-9-8-10-24(20(3)4)30(23)29-18-37-31-25-13-12-22(33(34,35)36)16-26(25)27-15-21(17-32(5,6)7)11-14-28(27)38(29)31/h8-16,18-20H,17H2,1-7H3. The van der Waals surface area contributed by atoms with Crippen LogP contribution in [0.5, 0.6) is 0 Å². The summed E-state index contributed by atoms with van der Waals surface area (Å²) in [5.74, 6) is 0.599. The van der Waals surface area contributed by atoms with Crippen LogP contribution in [-0.2, 0) is 12.6 Å². The number of hydrogen-bond donors (Lipinski definition) is 0. The van der Waals surface area contributed by atoms with E-state index in [1.165, 1.54) is 23.3 Å². The monoisotopic (exact) mass is 516 g/mol. The zero-order valence-electron chi connectivity index (χ0n) is 23.2. The van der Waals surface area contributed by atoms with Gasteiger partial charge in [-0.25, -0.2) is 4.98 Å². The lowest BCUT2D eigenvalue weighted by molar-refractivity contribution is -0.137. The van der Waals surface area contributed by atoms with E-state index in [2.05, 4.69) is 89.3 Å². The Labute approximate surface area is 222 Å². The third kappa shape index (κ3) is 4.57. The molecule has 0 unspecified atom stereocenters. The van der Waals surface area contributed by atoms with E-state index < -0.39 is 11.7 Å². The highest BCUT2D eigenvalue weighted by Crippen LogP contribution is 2.41. The number of rotatable bonds is 4. The molecule has 0 fully saturated rings. The molecule has 3 aromatic carbocycles. The van der Waals surface area contributed by atoms with Gasteiger partial charge in [0.25, 0.3) is 0 Å². The van der Waals surface area contributed by atoms with Crippen molar-refractivity contribution in [2.24, 2.45) is 5.41 Å². The van der Waals surface area contributed by atoms with E-state index in [1.54, 1.807) is 6.07 Å². The molecule has 0 atom stereocenters. The summed E-state index contributed by atoms with van der Waals surface area (Å²) in [6, 6.07) is 16.7. The lowest BCUT2D eigenvalue weighted by atomic mass is 9.86. The molecule has 5 aromatic rings. The van der Waals surface area contributed by atoms with Gasteiger partial charge in [0, 0.05) is 16.3 Å². The first-order chi connectivity index (χ1) is 17.8. The minimum atomic E-state index is -4.42. The Bertz CT molecular complexity index is 1640. The molecule has 0 aliphatic carbocycles. The molecular weight excluding hydrogens is 481 g/mol. The summed E-state index contributed by atoms with van der Waals surface area (Å²) >= 11 is 0. The zero-order valence-corrected chi connectivity index (χ0v) is 23.2. The molecule has 5 rings (SSSR count). The molecule has 2 heterocycles. The molecule has 0 aliphatic heterocycles. The van der Waals surface area contributed by atoms with E-state index in [0.717, 1.165) is 39.5 Å². The van der Waals surface area contributed by atoms with Crippen molar-refractivity contribution in [3.63, 3.8) is 0 Å². The van der Waals surface area contributed by atoms with E-state index in [4.69, 9.17) is 4.98 Å². The van der Waals surface area contributed by atoms with Crippen molar-refractivity contribution in [1.82, 2.24) is 9.38 Å². The summed E-state index contributed by atoms with van der Waals surface area (Å²) < 4.78 is 43.5. The maximum Gasteiger partial charge on any atom is 0.416 e. The second kappa shape index (κ2) is 9.14. The molecule has 2 aromatic heterocycles. The molecule has 0 bridgehead atoms. The van der Waals surface area contributed by atoms with Crippen molar-refractivity contribution in [3.8, 4) is 11.3 Å². The highest BCUT2D eigenvalue weighted by atomic mass is 19.4. The molecule has 0 radical (unpaired) electrons. The highest BCUT2D eigenvalue weighted by Gasteiger charge is 2.31. The van der Waals surface area contributed by atoms with E-state index in [1.807, 2.05) is 6.20 Å². The van der Waals surface area contributed by atoms with Crippen LogP contribution in [0.3, 0.4) is 0 Å². The normalized spacial score (nSPS) is 13.1. The van der Waals surface area contributed by atoms with Crippen LogP contribution < -0.4 is 0 Å². The number of pyridine rings is 1. The molecule has 38 heavy (non-hydrogen) atoms. The fourth-order valence-electron chi connectivity index (χ4n) is 5.66. The summed E-state index contributed by atoms with van der Waals surface area (Å²) in [6.45, 7) is 15.3. The van der Waals surface area contributed by atoms with E-state index in [0.29, 0.717) is 22.9 Å². The Morgan fingerprint density at radius 3 is 2.03 bits per heavy atom. The molecule has 0 saturated carbocycles. The third-order valence-electron chi connectivity index (χ3n) is 7.31. The Hall–Kier alpha value is -3.34. The number of nitrogens with zero attached hydrogens (tertiary/aromatic N) is 2. The van der Waals surface area contributed by atoms with E-state index in [9.17, 15) is 13.2 Å². The van der Waals surface area contributed by atoms with Crippen molar-refractivity contribution in [1.29, 1.82) is 0 Å². The van der Waals surface area contributed by atoms with Gasteiger partial charge in [0.2, 0.25) is 0 Å². The number of fused-ring (bicyclic) bond motifs is 6. The molecule has 0 saturated heterocycles. The summed E-state index contributed by atoms with van der Waals surface area (Å²) in [4.78, 5) is 4.83. The maximum absolute atomic E-state index is 13.8. The van der Waals surface area contributed by atoms with Crippen molar-refractivity contribution < 1.29 is 13.2 Å². The minimum Gasteiger partial charge on any atom is -0.292 e. The number of hydrogen-bond acceptors (Lipinski definition) is 1. The quantitative estimate of drug-likeness (QED) is 0.217. The molecule has 0 N–H and O–H groups in total. The SMILES string of the molecule is CC(C)c1cccc(C(C)C)c1-c1cnc2c3ccc(C(F)(F)F)cc3c3cc(CC(C)(C)C)ccc3n12. The molecule has 0 amide bonds. The Balaban J connectivity index is 1.94. The topological polar surface area (TPSA) is 17.3 Å². The van der Waals surface area contributed by atoms with Gasteiger partial charge in [0.15, 0.2) is 0 Å². The van der Waals surface area contributed by atoms with Gasteiger partial charge in [-0.2, -0.15) is 13.2 Å². The molecule has 198 valence electrons. The summed E-state index contributed by atoms with van der Waals surface area (Å²) in [6.07, 6.45) is -1.70. The first-order valence-electron chi connectivity index (χ1n) is 13.3. The predicted molar refractivity (Wildman–Crippen MR) is 152 cm³/mol. The van der Waals surface area contributed by atoms with Crippen LogP contribution >= 0.6 is 0 Å². The van der Waals surface area contributed by atoms with Crippen molar-refractivity contribution in [2.75, 3.05) is 0 Å². The van der Waals surface area contributed by atoms with Gasteiger partial charge < -0.3 is 0 Å². The van der Waals surface area contributed by atoms with Crippen LogP contribution in [0.15, 0.2) is 60.8 Å². The smallest absolute Gasteiger partial charge is 0.292 e. The molecular formula is C33H35F3N2. The second-order valence-corrected chi connectivity index (χ2v) is 12.3. The first kappa shape index (κ1) is 26.3. The van der Waals surface area contributed by atoms with Crippen molar-refractivity contribution >= 4 is 27.3 Å². The van der Waals surface area contributed by atoms with Crippen LogP contribution in [0.1, 0.15) is 82.6 Å². The fourth-order valence-corrected chi connectivity index (χ4v) is 5.66. The van der Waals surface area contributed by atoms with Crippen LogP contribution in [0.25, 0.3) is 38.6 Å². The van der Waals surface area contributed by atoms with E-state index in [-0.39, 0.29) is 5.41 Å². The van der Waals surface area contributed by atoms with Gasteiger partial charge in [0.05, 0.1) is 23.0 Å². The zero-order chi connectivity index (χ0) is 27.6. The van der Waals surface area contributed by atoms with E-state index >= 15 is 0 Å². The number of halogens is 3. The summed E-state index contributed by atoms with van der Waals surface area (Å²) in [7, 11) is 0. The molecule has 5 heteroatoms. The molecule has 0 aliphatic rings. The number of benzene rings is 3. The van der Waals surface area contributed by atoms with Gasteiger partial charge in [0.1, 0.15) is 5.65 Å². The maximum atomic E-state index is 13.8. The largest absolute Gasteiger partial charge is 0.416 e. The average Bonchev–Trinajstić information content (AvgIpc) is 3.26. The number of imidazole rings is 1. The average molecular weight is 517 g/mol. The van der Waals surface area contributed by atoms with Crippen LogP contribution in [-0.4, -0.2) is 9.38 Å². The van der Waals surface area contributed by atoms with Gasteiger partial charge in [-0.15, -0.1) is 0 Å². The lowest BCUT2D eigenvalue weighted by Crippen LogP contribution is -2.09. The van der Waals surface area contributed by atoms with Crippen molar-refractivity contribution in [2.45, 2.75) is 72.9 Å². The van der Waals surface area contributed by atoms with Gasteiger partial charge in [-0.05, 0) is 70.0 Å². The Morgan fingerprint density at radius 2 is 1.45 bits per heavy atom. The van der Waals surface area contributed by atoms with Gasteiger partial charge in [-0.1, -0.05) is 78.8 Å². The Morgan fingerprint density at radius 1 is 0.789 bits per heavy atom. The minimum absolute atomic E-state index is 0.0489. The Kier molecular flexibility index (Phi) is 6.32. The highest BCUT2D eigenvalue weighted by molar-refractivity contribution is 6.12. The number of aromatic nitrogens is 2. The van der Waals surface area contributed by atoms with Crippen LogP contribution in [0.2, 0.25) is 0 Å². The van der Waals surface area contributed by atoms with Crippen molar-refractivity contribution in [3.05, 3.63) is 83.0 Å². The van der Waals surface area contributed by atoms with Crippen LogP contribution in [0.4, 0.5) is 13.2 Å². The lowest BCUT2D eigenvalue weighted by Gasteiger charge is -2.21.